The largest absolute Gasteiger partial charge is 0.329 e. The Bertz CT molecular complexity index is 714. The van der Waals surface area contributed by atoms with Gasteiger partial charge in [-0.25, -0.2) is 9.69 Å². The van der Waals surface area contributed by atoms with Gasteiger partial charge in [0.05, 0.1) is 5.69 Å². The van der Waals surface area contributed by atoms with Crippen molar-refractivity contribution in [3.05, 3.63) is 64.1 Å². The molecule has 6 heteroatoms. The Kier molecular flexibility index (Phi) is 4.05. The smallest absolute Gasteiger partial charge is 0.325 e. The van der Waals surface area contributed by atoms with Crippen LogP contribution in [0, 0.1) is 0 Å². The molecule has 1 atom stereocenters. The van der Waals surface area contributed by atoms with Crippen LogP contribution in [0.2, 0.25) is 10.0 Å². The molecule has 1 saturated heterocycles. The molecule has 0 aromatic heterocycles. The molecule has 0 aliphatic carbocycles. The van der Waals surface area contributed by atoms with E-state index in [4.69, 9.17) is 23.2 Å². The molecular formula is C16H12Cl2N2O2. The molecule has 1 heterocycles. The van der Waals surface area contributed by atoms with E-state index in [9.17, 15) is 9.59 Å². The van der Waals surface area contributed by atoms with Crippen molar-refractivity contribution < 1.29 is 9.59 Å². The number of hydrogen-bond acceptors (Lipinski definition) is 2. The van der Waals surface area contributed by atoms with Crippen LogP contribution in [0.25, 0.3) is 0 Å². The van der Waals surface area contributed by atoms with E-state index in [-0.39, 0.29) is 5.91 Å². The molecular weight excluding hydrogens is 323 g/mol. The summed E-state index contributed by atoms with van der Waals surface area (Å²) in [6.45, 7) is 0. The van der Waals surface area contributed by atoms with Crippen molar-refractivity contribution >= 4 is 40.8 Å². The highest BCUT2D eigenvalue weighted by molar-refractivity contribution is 6.35. The number of urea groups is 1. The second-order valence-electron chi connectivity index (χ2n) is 4.99. The molecule has 1 aliphatic heterocycles. The Morgan fingerprint density at radius 1 is 1.00 bits per heavy atom. The molecule has 1 fully saturated rings. The number of nitrogens with zero attached hydrogens (tertiary/aromatic N) is 1. The fraction of sp³-hybridized carbons (Fsp3) is 0.125. The first-order valence-corrected chi connectivity index (χ1v) is 7.44. The predicted molar refractivity (Wildman–Crippen MR) is 86.4 cm³/mol. The van der Waals surface area contributed by atoms with Crippen molar-refractivity contribution in [2.45, 2.75) is 12.5 Å². The number of imide groups is 1. The molecule has 2 aromatic carbocycles. The maximum absolute atomic E-state index is 12.5. The van der Waals surface area contributed by atoms with E-state index in [1.54, 1.807) is 6.07 Å². The first-order valence-electron chi connectivity index (χ1n) is 6.69. The van der Waals surface area contributed by atoms with E-state index in [1.165, 1.54) is 12.1 Å². The van der Waals surface area contributed by atoms with E-state index in [0.29, 0.717) is 22.2 Å². The van der Waals surface area contributed by atoms with Gasteiger partial charge in [-0.3, -0.25) is 4.79 Å². The lowest BCUT2D eigenvalue weighted by atomic mass is 10.1. The quantitative estimate of drug-likeness (QED) is 0.871. The van der Waals surface area contributed by atoms with Gasteiger partial charge in [0.2, 0.25) is 0 Å². The molecule has 112 valence electrons. The normalized spacial score (nSPS) is 17.7. The summed E-state index contributed by atoms with van der Waals surface area (Å²) in [5.41, 5.74) is 1.35. The minimum absolute atomic E-state index is 0.313. The van der Waals surface area contributed by atoms with E-state index >= 15 is 0 Å². The van der Waals surface area contributed by atoms with Gasteiger partial charge in [0.15, 0.2) is 0 Å². The summed E-state index contributed by atoms with van der Waals surface area (Å²) in [4.78, 5) is 25.7. The van der Waals surface area contributed by atoms with Gasteiger partial charge in [-0.1, -0.05) is 53.5 Å². The molecule has 0 saturated carbocycles. The van der Waals surface area contributed by atoms with E-state index in [2.05, 4.69) is 5.32 Å². The first kappa shape index (κ1) is 14.9. The fourth-order valence-corrected chi connectivity index (χ4v) is 2.95. The van der Waals surface area contributed by atoms with Crippen LogP contribution < -0.4 is 10.2 Å². The third kappa shape index (κ3) is 2.93. The summed E-state index contributed by atoms with van der Waals surface area (Å²) in [5, 5.41) is 3.43. The Balaban J connectivity index is 1.85. The molecule has 22 heavy (non-hydrogen) atoms. The van der Waals surface area contributed by atoms with Crippen molar-refractivity contribution in [1.29, 1.82) is 0 Å². The van der Waals surface area contributed by atoms with Crippen molar-refractivity contribution in [1.82, 2.24) is 5.32 Å². The number of carbonyl (C=O) groups excluding carboxylic acids is 2. The van der Waals surface area contributed by atoms with Gasteiger partial charge in [-0.05, 0) is 23.8 Å². The van der Waals surface area contributed by atoms with Crippen LogP contribution in [0.1, 0.15) is 5.56 Å². The van der Waals surface area contributed by atoms with Crippen LogP contribution in [0.5, 0.6) is 0 Å². The van der Waals surface area contributed by atoms with Gasteiger partial charge in [0, 0.05) is 16.5 Å². The van der Waals surface area contributed by atoms with E-state index < -0.39 is 12.1 Å². The van der Waals surface area contributed by atoms with Gasteiger partial charge in [0.1, 0.15) is 6.04 Å². The van der Waals surface area contributed by atoms with E-state index in [1.807, 2.05) is 30.3 Å². The van der Waals surface area contributed by atoms with Gasteiger partial charge in [-0.2, -0.15) is 0 Å². The Morgan fingerprint density at radius 2 is 1.64 bits per heavy atom. The maximum Gasteiger partial charge on any atom is 0.329 e. The SMILES string of the molecule is O=C1N[C@@H](Cc2ccccc2)C(=O)N1c1cc(Cl)cc(Cl)c1. The molecule has 0 spiro atoms. The predicted octanol–water partition coefficient (Wildman–Crippen LogP) is 3.66. The average Bonchev–Trinajstić information content (AvgIpc) is 2.73. The summed E-state index contributed by atoms with van der Waals surface area (Å²) in [5.74, 6) is -0.313. The maximum atomic E-state index is 12.5. The van der Waals surface area contributed by atoms with Gasteiger partial charge >= 0.3 is 6.03 Å². The standard InChI is InChI=1S/C16H12Cl2N2O2/c17-11-7-12(18)9-13(8-11)20-15(21)14(19-16(20)22)6-10-4-2-1-3-5-10/h1-5,7-9,14H,6H2,(H,19,22)/t14-/m0/s1. The van der Waals surface area contributed by atoms with Crippen molar-refractivity contribution in [2.75, 3.05) is 4.90 Å². The van der Waals surface area contributed by atoms with Crippen LogP contribution in [-0.2, 0) is 11.2 Å². The van der Waals surface area contributed by atoms with Crippen molar-refractivity contribution in [3.8, 4) is 0 Å². The van der Waals surface area contributed by atoms with Crippen LogP contribution in [0.4, 0.5) is 10.5 Å². The summed E-state index contributed by atoms with van der Waals surface area (Å²) < 4.78 is 0. The van der Waals surface area contributed by atoms with Crippen LogP contribution in [0.15, 0.2) is 48.5 Å². The van der Waals surface area contributed by atoms with Crippen LogP contribution >= 0.6 is 23.2 Å². The zero-order valence-corrected chi connectivity index (χ0v) is 12.9. The highest BCUT2D eigenvalue weighted by atomic mass is 35.5. The van der Waals surface area contributed by atoms with E-state index in [0.717, 1.165) is 10.5 Å². The Morgan fingerprint density at radius 3 is 2.27 bits per heavy atom. The van der Waals surface area contributed by atoms with Crippen LogP contribution in [0.3, 0.4) is 0 Å². The number of rotatable bonds is 3. The lowest BCUT2D eigenvalue weighted by molar-refractivity contribution is -0.118. The minimum Gasteiger partial charge on any atom is -0.325 e. The molecule has 4 nitrogen and oxygen atoms in total. The third-order valence-corrected chi connectivity index (χ3v) is 3.84. The molecule has 3 rings (SSSR count). The molecule has 1 aliphatic rings. The Hall–Kier alpha value is -2.04. The lowest BCUT2D eigenvalue weighted by Gasteiger charge is -2.14. The second kappa shape index (κ2) is 5.99. The summed E-state index contributed by atoms with van der Waals surface area (Å²) >= 11 is 11.9. The molecule has 0 bridgehead atoms. The summed E-state index contributed by atoms with van der Waals surface area (Å²) in [6.07, 6.45) is 0.441. The molecule has 0 radical (unpaired) electrons. The molecule has 3 amide bonds. The number of halogens is 2. The number of benzene rings is 2. The average molecular weight is 335 g/mol. The number of hydrogen-bond donors (Lipinski definition) is 1. The minimum atomic E-state index is -0.590. The fourth-order valence-electron chi connectivity index (χ4n) is 2.43. The summed E-state index contributed by atoms with van der Waals surface area (Å²) in [6, 6.07) is 13.1. The number of amides is 3. The van der Waals surface area contributed by atoms with Gasteiger partial charge in [0.25, 0.3) is 5.91 Å². The second-order valence-corrected chi connectivity index (χ2v) is 5.87. The topological polar surface area (TPSA) is 49.4 Å². The molecule has 0 unspecified atom stereocenters. The summed E-state index contributed by atoms with van der Waals surface area (Å²) in [7, 11) is 0. The zero-order chi connectivity index (χ0) is 15.7. The zero-order valence-electron chi connectivity index (χ0n) is 11.4. The first-order chi connectivity index (χ1) is 10.5. The van der Waals surface area contributed by atoms with Crippen molar-refractivity contribution in [2.24, 2.45) is 0 Å². The van der Waals surface area contributed by atoms with Gasteiger partial charge < -0.3 is 5.32 Å². The highest BCUT2D eigenvalue weighted by Gasteiger charge is 2.39. The van der Waals surface area contributed by atoms with Crippen molar-refractivity contribution in [3.63, 3.8) is 0 Å². The molecule has 1 N–H and O–H groups in total. The third-order valence-electron chi connectivity index (χ3n) is 3.41. The number of nitrogens with one attached hydrogen (secondary N) is 1. The number of anilines is 1. The Labute approximate surface area is 137 Å². The lowest BCUT2D eigenvalue weighted by Crippen LogP contribution is -2.32. The van der Waals surface area contributed by atoms with Crippen LogP contribution in [-0.4, -0.2) is 18.0 Å². The monoisotopic (exact) mass is 334 g/mol. The highest BCUT2D eigenvalue weighted by Crippen LogP contribution is 2.28. The van der Waals surface area contributed by atoms with Gasteiger partial charge in [-0.15, -0.1) is 0 Å². The number of carbonyl (C=O) groups is 2. The molecule has 2 aromatic rings.